The van der Waals surface area contributed by atoms with Gasteiger partial charge < -0.3 is 5.73 Å². The highest BCUT2D eigenvalue weighted by molar-refractivity contribution is 6.65. The van der Waals surface area contributed by atoms with Crippen molar-refractivity contribution in [1.29, 1.82) is 0 Å². The molecule has 5 heteroatoms. The van der Waals surface area contributed by atoms with Crippen LogP contribution in [0.3, 0.4) is 0 Å². The van der Waals surface area contributed by atoms with E-state index in [1.165, 1.54) is 12.1 Å². The molecule has 2 aromatic rings. The van der Waals surface area contributed by atoms with Gasteiger partial charge >= 0.3 is 0 Å². The fourth-order valence-electron chi connectivity index (χ4n) is 2.16. The Balaban J connectivity index is 2.47. The van der Waals surface area contributed by atoms with Crippen molar-refractivity contribution in [2.24, 2.45) is 0 Å². The van der Waals surface area contributed by atoms with Gasteiger partial charge in [-0.15, -0.1) is 0 Å². The van der Waals surface area contributed by atoms with E-state index < -0.39 is 16.5 Å². The summed E-state index contributed by atoms with van der Waals surface area (Å²) in [6.07, 6.45) is 3.53. The monoisotopic (exact) mass is 292 g/mol. The molecular formula is C15H14ClFN2O. The quantitative estimate of drug-likeness (QED) is 0.696. The summed E-state index contributed by atoms with van der Waals surface area (Å²) >= 11 is 5.73. The van der Waals surface area contributed by atoms with E-state index in [0.29, 0.717) is 12.1 Å². The second-order valence-electron chi connectivity index (χ2n) is 4.88. The van der Waals surface area contributed by atoms with Crippen LogP contribution in [0.2, 0.25) is 0 Å². The molecule has 20 heavy (non-hydrogen) atoms. The molecule has 0 radical (unpaired) electrons. The number of rotatable bonds is 4. The van der Waals surface area contributed by atoms with Crippen molar-refractivity contribution in [3.63, 3.8) is 0 Å². The van der Waals surface area contributed by atoms with Gasteiger partial charge in [0.1, 0.15) is 5.82 Å². The van der Waals surface area contributed by atoms with Crippen molar-refractivity contribution in [1.82, 2.24) is 4.98 Å². The summed E-state index contributed by atoms with van der Waals surface area (Å²) in [4.78, 5) is 15.8. The average molecular weight is 293 g/mol. The van der Waals surface area contributed by atoms with E-state index in [1.807, 2.05) is 0 Å². The number of carbonyl (C=O) groups is 1. The zero-order valence-electron chi connectivity index (χ0n) is 10.9. The maximum absolute atomic E-state index is 14.1. The van der Waals surface area contributed by atoms with Crippen LogP contribution in [0, 0.1) is 5.82 Å². The number of aromatic nitrogens is 1. The molecule has 0 spiro atoms. The predicted molar refractivity (Wildman–Crippen MR) is 77.0 cm³/mol. The van der Waals surface area contributed by atoms with Gasteiger partial charge in [0.2, 0.25) is 5.24 Å². The second-order valence-corrected chi connectivity index (χ2v) is 5.22. The molecule has 2 rings (SSSR count). The fraction of sp³-hybridized carbons (Fsp3) is 0.200. The van der Waals surface area contributed by atoms with E-state index in [-0.39, 0.29) is 5.56 Å². The lowest BCUT2D eigenvalue weighted by atomic mass is 9.78. The highest BCUT2D eigenvalue weighted by Gasteiger charge is 2.36. The van der Waals surface area contributed by atoms with Gasteiger partial charge in [-0.3, -0.25) is 9.78 Å². The first kappa shape index (κ1) is 14.5. The molecule has 1 aromatic heterocycles. The van der Waals surface area contributed by atoms with Crippen LogP contribution in [-0.4, -0.2) is 10.2 Å². The molecule has 0 saturated carbocycles. The Morgan fingerprint density at radius 1 is 1.35 bits per heavy atom. The number of pyridine rings is 1. The van der Waals surface area contributed by atoms with Crippen LogP contribution in [0.1, 0.15) is 18.1 Å². The van der Waals surface area contributed by atoms with E-state index in [2.05, 4.69) is 4.98 Å². The van der Waals surface area contributed by atoms with E-state index in [1.54, 1.807) is 37.5 Å². The van der Waals surface area contributed by atoms with E-state index in [9.17, 15) is 9.18 Å². The summed E-state index contributed by atoms with van der Waals surface area (Å²) < 4.78 is 14.1. The van der Waals surface area contributed by atoms with E-state index in [0.717, 1.165) is 5.56 Å². The van der Waals surface area contributed by atoms with Crippen LogP contribution in [0.4, 0.5) is 10.1 Å². The lowest BCUT2D eigenvalue weighted by Crippen LogP contribution is -2.33. The molecule has 104 valence electrons. The molecule has 1 atom stereocenters. The Labute approximate surface area is 121 Å². The predicted octanol–water partition coefficient (Wildman–Crippen LogP) is 3.07. The molecule has 0 aliphatic carbocycles. The fourth-order valence-corrected chi connectivity index (χ4v) is 2.33. The SMILES string of the molecule is CC(Cc1ccncc1)(C(=O)Cl)c1ccc(N)cc1F. The number of benzene rings is 1. The zero-order chi connectivity index (χ0) is 14.8. The average Bonchev–Trinajstić information content (AvgIpc) is 2.39. The van der Waals surface area contributed by atoms with Crippen LogP contribution < -0.4 is 5.73 Å². The molecule has 0 fully saturated rings. The van der Waals surface area contributed by atoms with Crippen molar-refractivity contribution < 1.29 is 9.18 Å². The zero-order valence-corrected chi connectivity index (χ0v) is 11.7. The standard InChI is InChI=1S/C15H14ClFN2O/c1-15(14(16)20,9-10-4-6-19-7-5-10)12-3-2-11(18)8-13(12)17/h2-8H,9,18H2,1H3. The Morgan fingerprint density at radius 2 is 2.00 bits per heavy atom. The normalized spacial score (nSPS) is 13.8. The van der Waals surface area contributed by atoms with Gasteiger partial charge in [0.25, 0.3) is 0 Å². The first-order chi connectivity index (χ1) is 9.43. The summed E-state index contributed by atoms with van der Waals surface area (Å²) in [5.74, 6) is -0.532. The van der Waals surface area contributed by atoms with Gasteiger partial charge in [-0.05, 0) is 54.8 Å². The maximum atomic E-state index is 14.1. The molecule has 1 aromatic carbocycles. The van der Waals surface area contributed by atoms with Gasteiger partial charge in [-0.2, -0.15) is 0 Å². The van der Waals surface area contributed by atoms with Crippen molar-refractivity contribution in [2.75, 3.05) is 5.73 Å². The van der Waals surface area contributed by atoms with Crippen LogP contribution >= 0.6 is 11.6 Å². The van der Waals surface area contributed by atoms with Gasteiger partial charge in [0.15, 0.2) is 0 Å². The molecular weight excluding hydrogens is 279 g/mol. The lowest BCUT2D eigenvalue weighted by molar-refractivity contribution is -0.116. The summed E-state index contributed by atoms with van der Waals surface area (Å²) in [6.45, 7) is 1.62. The molecule has 0 aliphatic heterocycles. The summed E-state index contributed by atoms with van der Waals surface area (Å²) in [7, 11) is 0. The smallest absolute Gasteiger partial charge is 0.232 e. The number of hydrogen-bond acceptors (Lipinski definition) is 3. The molecule has 0 amide bonds. The topological polar surface area (TPSA) is 56.0 Å². The number of nitrogens with zero attached hydrogens (tertiary/aromatic N) is 1. The molecule has 1 unspecified atom stereocenters. The first-order valence-electron chi connectivity index (χ1n) is 6.08. The van der Waals surface area contributed by atoms with Gasteiger partial charge in [0, 0.05) is 23.6 Å². The van der Waals surface area contributed by atoms with Crippen LogP contribution in [0.15, 0.2) is 42.7 Å². The summed E-state index contributed by atoms with van der Waals surface area (Å²) in [5, 5.41) is -0.613. The van der Waals surface area contributed by atoms with Crippen LogP contribution in [0.5, 0.6) is 0 Å². The molecule has 0 saturated heterocycles. The van der Waals surface area contributed by atoms with Crippen LogP contribution in [-0.2, 0) is 16.6 Å². The minimum Gasteiger partial charge on any atom is -0.399 e. The highest BCUT2D eigenvalue weighted by Crippen LogP contribution is 2.33. The molecule has 2 N–H and O–H groups in total. The number of hydrogen-bond donors (Lipinski definition) is 1. The third-order valence-corrected chi connectivity index (χ3v) is 3.75. The van der Waals surface area contributed by atoms with E-state index in [4.69, 9.17) is 17.3 Å². The van der Waals surface area contributed by atoms with Gasteiger partial charge in [-0.25, -0.2) is 4.39 Å². The largest absolute Gasteiger partial charge is 0.399 e. The Kier molecular flexibility index (Phi) is 4.04. The van der Waals surface area contributed by atoms with Crippen molar-refractivity contribution >= 4 is 22.5 Å². The summed E-state index contributed by atoms with van der Waals surface area (Å²) in [5.41, 5.74) is 5.78. The molecule has 0 bridgehead atoms. The maximum Gasteiger partial charge on any atom is 0.232 e. The first-order valence-corrected chi connectivity index (χ1v) is 6.45. The van der Waals surface area contributed by atoms with Gasteiger partial charge in [0.05, 0.1) is 5.41 Å². The Morgan fingerprint density at radius 3 is 2.55 bits per heavy atom. The minimum absolute atomic E-state index is 0.239. The number of nitrogen functional groups attached to an aromatic ring is 1. The number of carbonyl (C=O) groups excluding carboxylic acids is 1. The Bertz CT molecular complexity index is 633. The molecule has 0 aliphatic rings. The number of anilines is 1. The second kappa shape index (κ2) is 5.59. The molecule has 3 nitrogen and oxygen atoms in total. The minimum atomic E-state index is -1.15. The molecule has 1 heterocycles. The van der Waals surface area contributed by atoms with Crippen molar-refractivity contribution in [3.05, 3.63) is 59.7 Å². The third kappa shape index (κ3) is 2.80. The van der Waals surface area contributed by atoms with Crippen molar-refractivity contribution in [2.45, 2.75) is 18.8 Å². The highest BCUT2D eigenvalue weighted by atomic mass is 35.5. The number of nitrogens with two attached hydrogens (primary N) is 1. The number of halogens is 2. The van der Waals surface area contributed by atoms with Gasteiger partial charge in [-0.1, -0.05) is 6.07 Å². The van der Waals surface area contributed by atoms with Crippen molar-refractivity contribution in [3.8, 4) is 0 Å². The Hall–Kier alpha value is -1.94. The van der Waals surface area contributed by atoms with E-state index >= 15 is 0 Å². The van der Waals surface area contributed by atoms with Crippen LogP contribution in [0.25, 0.3) is 0 Å². The third-order valence-electron chi connectivity index (χ3n) is 3.33. The summed E-state index contributed by atoms with van der Waals surface area (Å²) in [6, 6.07) is 7.80. The lowest BCUT2D eigenvalue weighted by Gasteiger charge is -2.26.